The Morgan fingerprint density at radius 3 is 2.26 bits per heavy atom. The molecule has 6 nitrogen and oxygen atoms in total. The van der Waals surface area contributed by atoms with Crippen LogP contribution in [0.4, 0.5) is 4.79 Å². The van der Waals surface area contributed by atoms with Gasteiger partial charge in [-0.15, -0.1) is 0 Å². The lowest BCUT2D eigenvalue weighted by atomic mass is 10.1. The first-order valence-corrected chi connectivity index (χ1v) is 6.90. The van der Waals surface area contributed by atoms with Crippen molar-refractivity contribution in [1.29, 1.82) is 0 Å². The van der Waals surface area contributed by atoms with E-state index < -0.39 is 11.9 Å². The Kier molecular flexibility index (Phi) is 8.95. The maximum Gasteiger partial charge on any atom is 0.315 e. The first kappa shape index (κ1) is 17.7. The molecule has 19 heavy (non-hydrogen) atoms. The molecule has 0 fully saturated rings. The summed E-state index contributed by atoms with van der Waals surface area (Å²) in [7, 11) is 0. The average Bonchev–Trinajstić information content (AvgIpc) is 2.35. The van der Waals surface area contributed by atoms with Gasteiger partial charge in [-0.3, -0.25) is 4.79 Å². The smallest absolute Gasteiger partial charge is 0.315 e. The number of carbonyl (C=O) groups excluding carboxylic acids is 1. The summed E-state index contributed by atoms with van der Waals surface area (Å²) in [5.74, 6) is -1.27. The third kappa shape index (κ3) is 8.42. The molecule has 0 aliphatic rings. The molecule has 2 amide bonds. The Hall–Kier alpha value is -1.30. The molecule has 0 aromatic carbocycles. The van der Waals surface area contributed by atoms with Gasteiger partial charge in [0.25, 0.3) is 0 Å². The fourth-order valence-corrected chi connectivity index (χ4v) is 1.72. The molecular formula is C13H27N3O3. The first-order valence-electron chi connectivity index (χ1n) is 6.90. The molecule has 0 aliphatic carbocycles. The van der Waals surface area contributed by atoms with Gasteiger partial charge in [0.2, 0.25) is 0 Å². The first-order chi connectivity index (χ1) is 8.90. The SMILES string of the molecule is CCN(CC)CC(C)NC(=O)NCCC(C)C(=O)O. The zero-order valence-corrected chi connectivity index (χ0v) is 12.4. The van der Waals surface area contributed by atoms with Gasteiger partial charge in [-0.2, -0.15) is 0 Å². The van der Waals surface area contributed by atoms with Gasteiger partial charge >= 0.3 is 12.0 Å². The molecule has 112 valence electrons. The highest BCUT2D eigenvalue weighted by Crippen LogP contribution is 1.99. The number of carbonyl (C=O) groups is 2. The summed E-state index contributed by atoms with van der Waals surface area (Å²) < 4.78 is 0. The molecule has 3 N–H and O–H groups in total. The van der Waals surface area contributed by atoms with Crippen molar-refractivity contribution in [3.05, 3.63) is 0 Å². The van der Waals surface area contributed by atoms with Crippen molar-refractivity contribution in [2.45, 2.75) is 40.2 Å². The van der Waals surface area contributed by atoms with Crippen molar-refractivity contribution in [2.75, 3.05) is 26.2 Å². The third-order valence-corrected chi connectivity index (χ3v) is 3.09. The zero-order chi connectivity index (χ0) is 14.8. The van der Waals surface area contributed by atoms with Crippen LogP contribution in [0.1, 0.15) is 34.1 Å². The van der Waals surface area contributed by atoms with Gasteiger partial charge in [-0.05, 0) is 26.4 Å². The molecule has 6 heteroatoms. The maximum absolute atomic E-state index is 11.6. The van der Waals surface area contributed by atoms with E-state index in [9.17, 15) is 9.59 Å². The summed E-state index contributed by atoms with van der Waals surface area (Å²) in [6.07, 6.45) is 0.438. The number of likely N-dealkylation sites (N-methyl/N-ethyl adjacent to an activating group) is 1. The number of hydrogen-bond acceptors (Lipinski definition) is 3. The highest BCUT2D eigenvalue weighted by molar-refractivity contribution is 5.74. The van der Waals surface area contributed by atoms with Gasteiger partial charge in [0.05, 0.1) is 5.92 Å². The minimum Gasteiger partial charge on any atom is -0.481 e. The summed E-state index contributed by atoms with van der Waals surface area (Å²) in [4.78, 5) is 24.4. The number of aliphatic carboxylic acids is 1. The minimum atomic E-state index is -0.836. The van der Waals surface area contributed by atoms with Crippen LogP contribution in [-0.2, 0) is 4.79 Å². The highest BCUT2D eigenvalue weighted by atomic mass is 16.4. The Morgan fingerprint density at radius 2 is 1.79 bits per heavy atom. The number of urea groups is 1. The van der Waals surface area contributed by atoms with Crippen LogP contribution in [-0.4, -0.2) is 54.2 Å². The molecule has 0 spiro atoms. The molecule has 2 atom stereocenters. The number of carboxylic acids is 1. The fraction of sp³-hybridized carbons (Fsp3) is 0.846. The van der Waals surface area contributed by atoms with Gasteiger partial charge in [0.1, 0.15) is 0 Å². The number of carboxylic acid groups (broad SMARTS) is 1. The molecule has 0 bridgehead atoms. The van der Waals surface area contributed by atoms with E-state index in [1.165, 1.54) is 0 Å². The van der Waals surface area contributed by atoms with E-state index in [1.54, 1.807) is 6.92 Å². The van der Waals surface area contributed by atoms with E-state index in [1.807, 2.05) is 6.92 Å². The molecule has 0 saturated carbocycles. The van der Waals surface area contributed by atoms with Crippen LogP contribution in [0.25, 0.3) is 0 Å². The highest BCUT2D eigenvalue weighted by Gasteiger charge is 2.12. The molecule has 0 radical (unpaired) electrons. The summed E-state index contributed by atoms with van der Waals surface area (Å²) in [6, 6.07) is -0.172. The van der Waals surface area contributed by atoms with Crippen molar-refractivity contribution < 1.29 is 14.7 Å². The van der Waals surface area contributed by atoms with Crippen LogP contribution >= 0.6 is 0 Å². The van der Waals surface area contributed by atoms with Crippen molar-refractivity contribution in [3.63, 3.8) is 0 Å². The van der Waals surface area contributed by atoms with Gasteiger partial charge < -0.3 is 20.6 Å². The fourth-order valence-electron chi connectivity index (χ4n) is 1.72. The van der Waals surface area contributed by atoms with E-state index in [0.717, 1.165) is 19.6 Å². The second-order valence-corrected chi connectivity index (χ2v) is 4.82. The number of amides is 2. The lowest BCUT2D eigenvalue weighted by Crippen LogP contribution is -2.46. The lowest BCUT2D eigenvalue weighted by molar-refractivity contribution is -0.141. The van der Waals surface area contributed by atoms with Crippen LogP contribution in [0, 0.1) is 5.92 Å². The average molecular weight is 273 g/mol. The van der Waals surface area contributed by atoms with Crippen molar-refractivity contribution >= 4 is 12.0 Å². The van der Waals surface area contributed by atoms with Gasteiger partial charge in [0.15, 0.2) is 0 Å². The van der Waals surface area contributed by atoms with E-state index in [0.29, 0.717) is 13.0 Å². The van der Waals surface area contributed by atoms with Gasteiger partial charge in [-0.25, -0.2) is 4.79 Å². The number of nitrogens with zero attached hydrogens (tertiary/aromatic N) is 1. The molecule has 0 aromatic heterocycles. The van der Waals surface area contributed by atoms with Crippen LogP contribution in [0.5, 0.6) is 0 Å². The second-order valence-electron chi connectivity index (χ2n) is 4.82. The van der Waals surface area contributed by atoms with E-state index >= 15 is 0 Å². The maximum atomic E-state index is 11.6. The Balaban J connectivity index is 3.82. The Morgan fingerprint density at radius 1 is 1.21 bits per heavy atom. The second kappa shape index (κ2) is 9.61. The van der Waals surface area contributed by atoms with Gasteiger partial charge in [0, 0.05) is 19.1 Å². The Bertz CT molecular complexity index is 280. The number of rotatable bonds is 9. The van der Waals surface area contributed by atoms with E-state index in [2.05, 4.69) is 29.4 Å². The monoisotopic (exact) mass is 273 g/mol. The molecule has 0 rings (SSSR count). The predicted octanol–water partition coefficient (Wildman–Crippen LogP) is 1.13. The van der Waals surface area contributed by atoms with Gasteiger partial charge in [-0.1, -0.05) is 20.8 Å². The molecule has 0 aromatic rings. The zero-order valence-electron chi connectivity index (χ0n) is 12.4. The number of nitrogens with one attached hydrogen (secondary N) is 2. The van der Waals surface area contributed by atoms with Crippen molar-refractivity contribution in [1.82, 2.24) is 15.5 Å². The minimum absolute atomic E-state index is 0.0665. The molecule has 0 heterocycles. The molecule has 0 aliphatic heterocycles. The Labute approximate surface area is 115 Å². The third-order valence-electron chi connectivity index (χ3n) is 3.09. The van der Waals surface area contributed by atoms with Crippen LogP contribution in [0.2, 0.25) is 0 Å². The topological polar surface area (TPSA) is 81.7 Å². The van der Waals surface area contributed by atoms with Crippen LogP contribution in [0.15, 0.2) is 0 Å². The lowest BCUT2D eigenvalue weighted by Gasteiger charge is -2.23. The summed E-state index contributed by atoms with van der Waals surface area (Å²) in [5, 5.41) is 14.2. The molecule has 2 unspecified atom stereocenters. The predicted molar refractivity (Wildman–Crippen MR) is 75.2 cm³/mol. The molecular weight excluding hydrogens is 246 g/mol. The quantitative estimate of drug-likeness (QED) is 0.588. The van der Waals surface area contributed by atoms with Crippen LogP contribution < -0.4 is 10.6 Å². The van der Waals surface area contributed by atoms with Crippen molar-refractivity contribution in [2.24, 2.45) is 5.92 Å². The normalized spacial score (nSPS) is 13.9. The summed E-state index contributed by atoms with van der Waals surface area (Å²) >= 11 is 0. The van der Waals surface area contributed by atoms with E-state index in [-0.39, 0.29) is 12.1 Å². The largest absolute Gasteiger partial charge is 0.481 e. The molecule has 0 saturated heterocycles. The summed E-state index contributed by atoms with van der Waals surface area (Å²) in [6.45, 7) is 10.9. The standard InChI is InChI=1S/C13H27N3O3/c1-5-16(6-2)9-11(4)15-13(19)14-8-7-10(3)12(17)18/h10-11H,5-9H2,1-4H3,(H,17,18)(H2,14,15,19). The summed E-state index contributed by atoms with van der Waals surface area (Å²) in [5.41, 5.74) is 0. The van der Waals surface area contributed by atoms with Crippen LogP contribution in [0.3, 0.4) is 0 Å². The van der Waals surface area contributed by atoms with Crippen molar-refractivity contribution in [3.8, 4) is 0 Å². The number of hydrogen-bond donors (Lipinski definition) is 3. The van der Waals surface area contributed by atoms with E-state index in [4.69, 9.17) is 5.11 Å².